The zero-order valence-corrected chi connectivity index (χ0v) is 18.5. The molecule has 0 spiro atoms. The number of rotatable bonds is 6. The van der Waals surface area contributed by atoms with Gasteiger partial charge in [-0.2, -0.15) is 0 Å². The van der Waals surface area contributed by atoms with E-state index in [-0.39, 0.29) is 16.6 Å². The molecule has 1 aromatic heterocycles. The van der Waals surface area contributed by atoms with Gasteiger partial charge in [0.15, 0.2) is 0 Å². The van der Waals surface area contributed by atoms with E-state index in [4.69, 9.17) is 0 Å². The lowest BCUT2D eigenvalue weighted by Gasteiger charge is -2.32. The number of anilines is 1. The van der Waals surface area contributed by atoms with Crippen molar-refractivity contribution in [2.24, 2.45) is 5.92 Å². The molecule has 0 atom stereocenters. The third kappa shape index (κ3) is 4.90. The first kappa shape index (κ1) is 21.8. The molecule has 0 radical (unpaired) electrons. The molecule has 4 rings (SSSR count). The quantitative estimate of drug-likeness (QED) is 0.516. The fraction of sp³-hybridized carbons (Fsp3) is 0.571. The molecule has 0 unspecified atom stereocenters. The Labute approximate surface area is 182 Å². The van der Waals surface area contributed by atoms with Crippen molar-refractivity contribution in [2.45, 2.75) is 62.3 Å². The highest BCUT2D eigenvalue weighted by Gasteiger charge is 2.30. The Morgan fingerprint density at radius 1 is 1.16 bits per heavy atom. The number of H-pyrrole nitrogens is 1. The topological polar surface area (TPSA) is 121 Å². The Kier molecular flexibility index (Phi) is 6.29. The SMILES string of the molecule is CC1CCC(NS(=O)(=O)c2ccc(N3CCC(c4ncc[nH]4)CC3)c([N+](=O)[O-])c2)CC1. The number of aromatic nitrogens is 2. The van der Waals surface area contributed by atoms with Gasteiger partial charge in [0.05, 0.1) is 9.82 Å². The summed E-state index contributed by atoms with van der Waals surface area (Å²) in [6.45, 7) is 3.47. The van der Waals surface area contributed by atoms with Gasteiger partial charge in [-0.1, -0.05) is 6.92 Å². The standard InChI is InChI=1S/C21H29N5O4S/c1-15-2-4-17(5-3-15)24-31(29,30)18-6-7-19(20(14-18)26(27)28)25-12-8-16(9-13-25)21-22-10-11-23-21/h6-7,10-11,14-17,24H,2-5,8-9,12-13H2,1H3,(H,22,23). The molecule has 2 N–H and O–H groups in total. The molecule has 1 saturated heterocycles. The zero-order valence-electron chi connectivity index (χ0n) is 17.7. The van der Waals surface area contributed by atoms with E-state index in [2.05, 4.69) is 21.6 Å². The minimum Gasteiger partial charge on any atom is -0.366 e. The van der Waals surface area contributed by atoms with Crippen molar-refractivity contribution in [1.29, 1.82) is 0 Å². The van der Waals surface area contributed by atoms with E-state index in [1.54, 1.807) is 18.5 Å². The number of imidazole rings is 1. The van der Waals surface area contributed by atoms with E-state index in [1.807, 2.05) is 4.90 Å². The summed E-state index contributed by atoms with van der Waals surface area (Å²) in [7, 11) is -3.80. The molecule has 10 heteroatoms. The van der Waals surface area contributed by atoms with Crippen molar-refractivity contribution < 1.29 is 13.3 Å². The van der Waals surface area contributed by atoms with E-state index >= 15 is 0 Å². The molecular weight excluding hydrogens is 418 g/mol. The fourth-order valence-electron chi connectivity index (χ4n) is 4.64. The number of nitrogens with one attached hydrogen (secondary N) is 2. The maximum absolute atomic E-state index is 12.9. The molecule has 2 fully saturated rings. The van der Waals surface area contributed by atoms with Crippen molar-refractivity contribution in [3.05, 3.63) is 46.5 Å². The van der Waals surface area contributed by atoms with Gasteiger partial charge in [0, 0.05) is 43.5 Å². The summed E-state index contributed by atoms with van der Waals surface area (Å²) in [5.41, 5.74) is 0.296. The molecule has 2 aliphatic rings. The van der Waals surface area contributed by atoms with E-state index in [9.17, 15) is 18.5 Å². The highest BCUT2D eigenvalue weighted by Crippen LogP contribution is 2.35. The Balaban J connectivity index is 1.50. The maximum atomic E-state index is 12.9. The summed E-state index contributed by atoms with van der Waals surface area (Å²) < 4.78 is 28.5. The van der Waals surface area contributed by atoms with Crippen LogP contribution in [-0.4, -0.2) is 42.4 Å². The van der Waals surface area contributed by atoms with E-state index < -0.39 is 14.9 Å². The number of piperidine rings is 1. The molecule has 1 aliphatic heterocycles. The maximum Gasteiger partial charge on any atom is 0.293 e. The highest BCUT2D eigenvalue weighted by molar-refractivity contribution is 7.89. The van der Waals surface area contributed by atoms with Gasteiger partial charge in [0.1, 0.15) is 11.5 Å². The van der Waals surface area contributed by atoms with Crippen LogP contribution in [0.15, 0.2) is 35.5 Å². The van der Waals surface area contributed by atoms with Crippen LogP contribution in [0.3, 0.4) is 0 Å². The highest BCUT2D eigenvalue weighted by atomic mass is 32.2. The molecule has 2 heterocycles. The summed E-state index contributed by atoms with van der Waals surface area (Å²) in [5, 5.41) is 11.8. The van der Waals surface area contributed by atoms with Gasteiger partial charge < -0.3 is 9.88 Å². The Hall–Kier alpha value is -2.46. The average molecular weight is 448 g/mol. The first-order valence-electron chi connectivity index (χ1n) is 10.9. The molecule has 31 heavy (non-hydrogen) atoms. The predicted molar refractivity (Wildman–Crippen MR) is 118 cm³/mol. The smallest absolute Gasteiger partial charge is 0.293 e. The first-order valence-corrected chi connectivity index (χ1v) is 12.4. The second-order valence-electron chi connectivity index (χ2n) is 8.72. The summed E-state index contributed by atoms with van der Waals surface area (Å²) >= 11 is 0. The predicted octanol–water partition coefficient (Wildman–Crippen LogP) is 3.56. The van der Waals surface area contributed by atoms with Crippen molar-refractivity contribution in [3.63, 3.8) is 0 Å². The second kappa shape index (κ2) is 8.96. The minimum absolute atomic E-state index is 0.0490. The van der Waals surface area contributed by atoms with E-state index in [0.29, 0.717) is 30.6 Å². The van der Waals surface area contributed by atoms with Crippen LogP contribution in [0.5, 0.6) is 0 Å². The molecule has 168 valence electrons. The van der Waals surface area contributed by atoms with Crippen LogP contribution in [0.25, 0.3) is 0 Å². The molecule has 9 nitrogen and oxygen atoms in total. The molecule has 0 amide bonds. The Morgan fingerprint density at radius 2 is 1.87 bits per heavy atom. The second-order valence-corrected chi connectivity index (χ2v) is 10.4. The van der Waals surface area contributed by atoms with Gasteiger partial charge in [-0.25, -0.2) is 18.1 Å². The summed E-state index contributed by atoms with van der Waals surface area (Å²) in [6, 6.07) is 4.14. The summed E-state index contributed by atoms with van der Waals surface area (Å²) in [6.07, 6.45) is 8.75. The van der Waals surface area contributed by atoms with Gasteiger partial charge in [-0.3, -0.25) is 10.1 Å². The van der Waals surface area contributed by atoms with Crippen LogP contribution >= 0.6 is 0 Å². The van der Waals surface area contributed by atoms with Gasteiger partial charge >= 0.3 is 0 Å². The lowest BCUT2D eigenvalue weighted by atomic mass is 9.88. The van der Waals surface area contributed by atoms with Gasteiger partial charge in [0.25, 0.3) is 5.69 Å². The molecule has 1 aromatic carbocycles. The lowest BCUT2D eigenvalue weighted by molar-refractivity contribution is -0.384. The monoisotopic (exact) mass is 447 g/mol. The minimum atomic E-state index is -3.80. The van der Waals surface area contributed by atoms with Crippen LogP contribution in [0, 0.1) is 16.0 Å². The number of nitro benzene ring substituents is 1. The number of benzene rings is 1. The third-order valence-corrected chi connectivity index (χ3v) is 8.05. The van der Waals surface area contributed by atoms with Crippen LogP contribution in [0.1, 0.15) is 57.2 Å². The van der Waals surface area contributed by atoms with Crippen molar-refractivity contribution >= 4 is 21.4 Å². The fourth-order valence-corrected chi connectivity index (χ4v) is 5.97. The molecule has 1 saturated carbocycles. The number of aromatic amines is 1. The third-order valence-electron chi connectivity index (χ3n) is 6.53. The Bertz CT molecular complexity index is 1010. The average Bonchev–Trinajstić information content (AvgIpc) is 3.30. The number of nitro groups is 1. The number of sulfonamides is 1. The largest absolute Gasteiger partial charge is 0.366 e. The number of hydrogen-bond acceptors (Lipinski definition) is 6. The molecule has 1 aliphatic carbocycles. The van der Waals surface area contributed by atoms with Crippen LogP contribution in [-0.2, 0) is 10.0 Å². The van der Waals surface area contributed by atoms with Gasteiger partial charge in [-0.15, -0.1) is 0 Å². The van der Waals surface area contributed by atoms with Crippen molar-refractivity contribution in [1.82, 2.24) is 14.7 Å². The van der Waals surface area contributed by atoms with Crippen LogP contribution in [0.4, 0.5) is 11.4 Å². The normalized spacial score (nSPS) is 23.1. The molecular formula is C21H29N5O4S. The van der Waals surface area contributed by atoms with Crippen molar-refractivity contribution in [3.8, 4) is 0 Å². The van der Waals surface area contributed by atoms with E-state index in [1.165, 1.54) is 12.1 Å². The van der Waals surface area contributed by atoms with Gasteiger partial charge in [0.2, 0.25) is 10.0 Å². The zero-order chi connectivity index (χ0) is 22.0. The Morgan fingerprint density at radius 3 is 2.48 bits per heavy atom. The molecule has 0 bridgehead atoms. The summed E-state index contributed by atoms with van der Waals surface area (Å²) in [5.74, 6) is 1.85. The van der Waals surface area contributed by atoms with Gasteiger partial charge in [-0.05, 0) is 56.6 Å². The van der Waals surface area contributed by atoms with Crippen LogP contribution < -0.4 is 9.62 Å². The van der Waals surface area contributed by atoms with Crippen LogP contribution in [0.2, 0.25) is 0 Å². The molecule has 2 aromatic rings. The first-order chi connectivity index (χ1) is 14.8. The number of hydrogen-bond donors (Lipinski definition) is 2. The van der Waals surface area contributed by atoms with E-state index in [0.717, 1.165) is 44.3 Å². The van der Waals surface area contributed by atoms with Crippen molar-refractivity contribution in [2.75, 3.05) is 18.0 Å². The number of nitrogens with zero attached hydrogens (tertiary/aromatic N) is 3. The lowest BCUT2D eigenvalue weighted by Crippen LogP contribution is -2.37. The summed E-state index contributed by atoms with van der Waals surface area (Å²) in [4.78, 5) is 20.6.